The molecule has 1 aliphatic carbocycles. The van der Waals surface area contributed by atoms with Gasteiger partial charge in [-0.05, 0) is 37.8 Å². The average Bonchev–Trinajstić information content (AvgIpc) is 2.93. The van der Waals surface area contributed by atoms with Gasteiger partial charge in [-0.2, -0.15) is 4.98 Å². The fraction of sp³-hybridized carbons (Fsp3) is 0.375. The largest absolute Gasteiger partial charge is 0.393 e. The van der Waals surface area contributed by atoms with Gasteiger partial charge in [0.1, 0.15) is 17.5 Å². The molecule has 3 aromatic rings. The lowest BCUT2D eigenvalue weighted by molar-refractivity contribution is 0.0334. The summed E-state index contributed by atoms with van der Waals surface area (Å²) in [5.41, 5.74) is 2.15. The molecule has 4 rings (SSSR count). The Balaban J connectivity index is 1.71. The van der Waals surface area contributed by atoms with E-state index in [2.05, 4.69) is 25.4 Å². The highest BCUT2D eigenvalue weighted by Gasteiger charge is 2.36. The third-order valence-corrected chi connectivity index (χ3v) is 4.36. The first-order chi connectivity index (χ1) is 11.2. The summed E-state index contributed by atoms with van der Waals surface area (Å²) < 4.78 is 5.20. The van der Waals surface area contributed by atoms with Crippen LogP contribution in [0.25, 0.3) is 11.1 Å². The Hall–Kier alpha value is -2.54. The molecule has 1 fully saturated rings. The minimum absolute atomic E-state index is 0.0213. The van der Waals surface area contributed by atoms with E-state index in [1.54, 1.807) is 6.20 Å². The number of aliphatic hydroxyl groups excluding tert-OH is 1. The molecule has 3 heterocycles. The Kier molecular flexibility index (Phi) is 3.42. The number of nitrogens with zero attached hydrogens (tertiary/aromatic N) is 4. The monoisotopic (exact) mass is 311 g/mol. The molecule has 2 N–H and O–H groups in total. The van der Waals surface area contributed by atoms with E-state index in [1.165, 1.54) is 6.33 Å². The molecular weight excluding hydrogens is 294 g/mol. The molecule has 23 heavy (non-hydrogen) atoms. The molecule has 0 unspecified atom stereocenters. The molecule has 0 amide bonds. The Bertz CT molecular complexity index is 814. The molecule has 0 radical (unpaired) electrons. The Morgan fingerprint density at radius 2 is 2.13 bits per heavy atom. The molecule has 7 nitrogen and oxygen atoms in total. The van der Waals surface area contributed by atoms with Crippen molar-refractivity contribution in [2.24, 2.45) is 5.92 Å². The number of aromatic nitrogens is 4. The van der Waals surface area contributed by atoms with Gasteiger partial charge in [-0.15, -0.1) is 0 Å². The summed E-state index contributed by atoms with van der Waals surface area (Å²) in [6, 6.07) is 5.82. The molecule has 0 bridgehead atoms. The molecule has 0 aromatic carbocycles. The summed E-state index contributed by atoms with van der Waals surface area (Å²) in [6.07, 6.45) is 4.52. The van der Waals surface area contributed by atoms with Gasteiger partial charge in [0.2, 0.25) is 0 Å². The quantitative estimate of drug-likeness (QED) is 0.762. The van der Waals surface area contributed by atoms with Crippen LogP contribution in [0, 0.1) is 12.8 Å². The van der Waals surface area contributed by atoms with Crippen molar-refractivity contribution in [1.29, 1.82) is 0 Å². The highest BCUT2D eigenvalue weighted by Crippen LogP contribution is 2.40. The number of fused-ring (bicyclic) bond motifs is 1. The van der Waals surface area contributed by atoms with E-state index in [-0.39, 0.29) is 12.1 Å². The van der Waals surface area contributed by atoms with Crippen LogP contribution in [0.1, 0.15) is 30.3 Å². The van der Waals surface area contributed by atoms with E-state index in [1.807, 2.05) is 25.1 Å². The Labute approximate surface area is 132 Å². The molecule has 1 atom stereocenters. The predicted molar refractivity (Wildman–Crippen MR) is 83.7 cm³/mol. The van der Waals surface area contributed by atoms with Crippen molar-refractivity contribution in [1.82, 2.24) is 20.1 Å². The SMILES string of the molecule is Cc1noc2ncnc(N[C@@H](c3ccccn3)C3CC(O)C3)c12. The Morgan fingerprint density at radius 3 is 2.87 bits per heavy atom. The summed E-state index contributed by atoms with van der Waals surface area (Å²) in [6.45, 7) is 1.86. The van der Waals surface area contributed by atoms with Crippen molar-refractivity contribution >= 4 is 16.9 Å². The van der Waals surface area contributed by atoms with Crippen LogP contribution in [0.15, 0.2) is 35.2 Å². The van der Waals surface area contributed by atoms with Gasteiger partial charge in [0.25, 0.3) is 5.71 Å². The highest BCUT2D eigenvalue weighted by atomic mass is 16.5. The van der Waals surface area contributed by atoms with Crippen LogP contribution in [0.5, 0.6) is 0 Å². The molecule has 1 saturated carbocycles. The summed E-state index contributed by atoms with van der Waals surface area (Å²) >= 11 is 0. The van der Waals surface area contributed by atoms with Crippen molar-refractivity contribution in [3.8, 4) is 0 Å². The first-order valence-electron chi connectivity index (χ1n) is 7.65. The molecule has 0 saturated heterocycles. The van der Waals surface area contributed by atoms with Crippen molar-refractivity contribution in [3.63, 3.8) is 0 Å². The van der Waals surface area contributed by atoms with E-state index < -0.39 is 0 Å². The lowest BCUT2D eigenvalue weighted by Gasteiger charge is -2.38. The van der Waals surface area contributed by atoms with E-state index in [4.69, 9.17) is 4.52 Å². The molecule has 1 aliphatic rings. The smallest absolute Gasteiger partial charge is 0.263 e. The molecule has 0 aliphatic heterocycles. The highest BCUT2D eigenvalue weighted by molar-refractivity contribution is 5.87. The van der Waals surface area contributed by atoms with Crippen LogP contribution in [-0.4, -0.2) is 31.3 Å². The average molecular weight is 311 g/mol. The van der Waals surface area contributed by atoms with E-state index in [0.29, 0.717) is 17.4 Å². The fourth-order valence-corrected chi connectivity index (χ4v) is 3.07. The van der Waals surface area contributed by atoms with Crippen molar-refractivity contribution in [2.45, 2.75) is 31.9 Å². The third-order valence-electron chi connectivity index (χ3n) is 4.36. The molecule has 7 heteroatoms. The van der Waals surface area contributed by atoms with Crippen LogP contribution in [0.2, 0.25) is 0 Å². The predicted octanol–water partition coefficient (Wildman–Crippen LogP) is 2.25. The Morgan fingerprint density at radius 1 is 1.26 bits per heavy atom. The van der Waals surface area contributed by atoms with E-state index in [9.17, 15) is 5.11 Å². The van der Waals surface area contributed by atoms with Crippen molar-refractivity contribution < 1.29 is 9.63 Å². The molecule has 0 spiro atoms. The first-order valence-corrected chi connectivity index (χ1v) is 7.65. The zero-order chi connectivity index (χ0) is 15.8. The van der Waals surface area contributed by atoms with Gasteiger partial charge in [-0.3, -0.25) is 4.98 Å². The zero-order valence-corrected chi connectivity index (χ0v) is 12.7. The minimum atomic E-state index is -0.226. The van der Waals surface area contributed by atoms with Gasteiger partial charge >= 0.3 is 0 Å². The van der Waals surface area contributed by atoms with Crippen LogP contribution in [-0.2, 0) is 0 Å². The standard InChI is InChI=1S/C16H17N5O2/c1-9-13-15(18-8-19-16(13)23-21-9)20-14(10-6-11(22)7-10)12-4-2-3-5-17-12/h2-5,8,10-11,14,22H,6-7H2,1H3,(H,18,19,20)/t10?,11?,14-/m1/s1. The summed E-state index contributed by atoms with van der Waals surface area (Å²) in [5, 5.41) is 17.9. The molecule has 118 valence electrons. The second-order valence-corrected chi connectivity index (χ2v) is 5.93. The lowest BCUT2D eigenvalue weighted by atomic mass is 9.76. The van der Waals surface area contributed by atoms with Crippen LogP contribution < -0.4 is 5.32 Å². The number of hydrogen-bond acceptors (Lipinski definition) is 7. The number of hydrogen-bond donors (Lipinski definition) is 2. The number of aryl methyl sites for hydroxylation is 1. The molecule has 3 aromatic heterocycles. The van der Waals surface area contributed by atoms with Crippen LogP contribution >= 0.6 is 0 Å². The zero-order valence-electron chi connectivity index (χ0n) is 12.7. The van der Waals surface area contributed by atoms with Crippen LogP contribution in [0.4, 0.5) is 5.82 Å². The second-order valence-electron chi connectivity index (χ2n) is 5.93. The van der Waals surface area contributed by atoms with Gasteiger partial charge in [-0.1, -0.05) is 11.2 Å². The van der Waals surface area contributed by atoms with Crippen molar-refractivity contribution in [3.05, 3.63) is 42.1 Å². The van der Waals surface area contributed by atoms with E-state index >= 15 is 0 Å². The fourth-order valence-electron chi connectivity index (χ4n) is 3.07. The van der Waals surface area contributed by atoms with Gasteiger partial charge in [-0.25, -0.2) is 4.98 Å². The lowest BCUT2D eigenvalue weighted by Crippen LogP contribution is -2.36. The van der Waals surface area contributed by atoms with Gasteiger partial charge in [0.15, 0.2) is 0 Å². The summed E-state index contributed by atoms with van der Waals surface area (Å²) in [7, 11) is 0. The summed E-state index contributed by atoms with van der Waals surface area (Å²) in [5.74, 6) is 0.996. The van der Waals surface area contributed by atoms with E-state index in [0.717, 1.165) is 29.6 Å². The topological polar surface area (TPSA) is 97.0 Å². The number of pyridine rings is 1. The van der Waals surface area contributed by atoms with Gasteiger partial charge in [0.05, 0.1) is 23.5 Å². The maximum atomic E-state index is 9.66. The van der Waals surface area contributed by atoms with Gasteiger partial charge < -0.3 is 14.9 Å². The first kappa shape index (κ1) is 14.1. The maximum Gasteiger partial charge on any atom is 0.263 e. The van der Waals surface area contributed by atoms with Gasteiger partial charge in [0, 0.05) is 6.20 Å². The van der Waals surface area contributed by atoms with Crippen LogP contribution in [0.3, 0.4) is 0 Å². The molecular formula is C16H17N5O2. The normalized spacial score (nSPS) is 21.8. The third kappa shape index (κ3) is 2.53. The minimum Gasteiger partial charge on any atom is -0.393 e. The number of anilines is 1. The maximum absolute atomic E-state index is 9.66. The van der Waals surface area contributed by atoms with Crippen molar-refractivity contribution in [2.75, 3.05) is 5.32 Å². The summed E-state index contributed by atoms with van der Waals surface area (Å²) in [4.78, 5) is 12.9. The number of aliphatic hydroxyl groups is 1. The number of nitrogens with one attached hydrogen (secondary N) is 1. The number of rotatable bonds is 4. The second kappa shape index (κ2) is 5.58.